The molecule has 78 valence electrons. The predicted molar refractivity (Wildman–Crippen MR) is 58.7 cm³/mol. The maximum atomic E-state index is 10.0. The first kappa shape index (κ1) is 10.1. The summed E-state index contributed by atoms with van der Waals surface area (Å²) in [5, 5.41) is 0. The van der Waals surface area contributed by atoms with Gasteiger partial charge in [-0.05, 0) is 43.6 Å². The van der Waals surface area contributed by atoms with E-state index in [2.05, 4.69) is 9.89 Å². The summed E-state index contributed by atoms with van der Waals surface area (Å²) in [6.45, 7) is 3.41. The highest BCUT2D eigenvalue weighted by atomic mass is 16.1. The minimum Gasteiger partial charge on any atom is -0.299 e. The molecule has 1 fully saturated rings. The number of hydrogen-bond acceptors (Lipinski definition) is 3. The number of rotatable bonds is 3. The molecule has 0 bridgehead atoms. The average Bonchev–Trinajstić information content (AvgIpc) is 2.74. The van der Waals surface area contributed by atoms with Crippen molar-refractivity contribution in [1.82, 2.24) is 4.90 Å². The van der Waals surface area contributed by atoms with E-state index in [1.807, 2.05) is 24.3 Å². The predicted octanol–water partition coefficient (Wildman–Crippen LogP) is 2.25. The van der Waals surface area contributed by atoms with Crippen LogP contribution in [-0.2, 0) is 11.3 Å². The van der Waals surface area contributed by atoms with Crippen LogP contribution in [0.3, 0.4) is 0 Å². The maximum Gasteiger partial charge on any atom is 0.240 e. The topological polar surface area (TPSA) is 32.7 Å². The van der Waals surface area contributed by atoms with Crippen LogP contribution >= 0.6 is 0 Å². The zero-order chi connectivity index (χ0) is 10.5. The van der Waals surface area contributed by atoms with Crippen molar-refractivity contribution in [1.29, 1.82) is 0 Å². The third kappa shape index (κ3) is 2.75. The Morgan fingerprint density at radius 1 is 1.20 bits per heavy atom. The van der Waals surface area contributed by atoms with E-state index in [0.29, 0.717) is 5.69 Å². The number of carbonyl (C=O) groups excluding carboxylic acids is 1. The van der Waals surface area contributed by atoms with Crippen molar-refractivity contribution >= 4 is 11.8 Å². The molecule has 1 heterocycles. The van der Waals surface area contributed by atoms with Crippen LogP contribution in [0, 0.1) is 0 Å². The lowest BCUT2D eigenvalue weighted by atomic mass is 10.2. The van der Waals surface area contributed by atoms with E-state index in [1.165, 1.54) is 31.5 Å². The molecule has 0 aromatic heterocycles. The average molecular weight is 202 g/mol. The Bertz CT molecular complexity index is 360. The summed E-state index contributed by atoms with van der Waals surface area (Å²) >= 11 is 0. The van der Waals surface area contributed by atoms with Gasteiger partial charge in [-0.15, -0.1) is 0 Å². The molecule has 1 saturated heterocycles. The van der Waals surface area contributed by atoms with Crippen LogP contribution in [0.4, 0.5) is 5.69 Å². The summed E-state index contributed by atoms with van der Waals surface area (Å²) in [4.78, 5) is 16.0. The van der Waals surface area contributed by atoms with Crippen LogP contribution in [0.25, 0.3) is 0 Å². The first-order chi connectivity index (χ1) is 7.38. The molecule has 0 N–H and O–H groups in total. The van der Waals surface area contributed by atoms with Crippen molar-refractivity contribution in [2.45, 2.75) is 19.4 Å². The third-order valence-corrected chi connectivity index (χ3v) is 2.72. The van der Waals surface area contributed by atoms with Crippen molar-refractivity contribution in [2.75, 3.05) is 13.1 Å². The van der Waals surface area contributed by atoms with E-state index in [-0.39, 0.29) is 0 Å². The largest absolute Gasteiger partial charge is 0.299 e. The highest BCUT2D eigenvalue weighted by Crippen LogP contribution is 2.16. The molecular weight excluding hydrogens is 188 g/mol. The zero-order valence-electron chi connectivity index (χ0n) is 8.65. The Kier molecular flexibility index (Phi) is 3.28. The summed E-state index contributed by atoms with van der Waals surface area (Å²) in [5.74, 6) is 0. The Balaban J connectivity index is 1.99. The monoisotopic (exact) mass is 202 g/mol. The second-order valence-corrected chi connectivity index (χ2v) is 3.85. The molecule has 0 radical (unpaired) electrons. The van der Waals surface area contributed by atoms with Gasteiger partial charge in [0.2, 0.25) is 6.08 Å². The molecule has 2 rings (SSSR count). The van der Waals surface area contributed by atoms with Gasteiger partial charge in [0.05, 0.1) is 5.69 Å². The molecule has 0 aliphatic carbocycles. The van der Waals surface area contributed by atoms with Gasteiger partial charge in [-0.3, -0.25) is 4.90 Å². The van der Waals surface area contributed by atoms with E-state index in [0.717, 1.165) is 6.54 Å². The highest BCUT2D eigenvalue weighted by Gasteiger charge is 2.11. The fourth-order valence-corrected chi connectivity index (χ4v) is 1.93. The molecule has 3 heteroatoms. The molecular formula is C12H14N2O. The van der Waals surface area contributed by atoms with Crippen LogP contribution in [0.1, 0.15) is 18.4 Å². The molecule has 1 aliphatic rings. The van der Waals surface area contributed by atoms with E-state index in [4.69, 9.17) is 0 Å². The van der Waals surface area contributed by atoms with Crippen molar-refractivity contribution in [3.63, 3.8) is 0 Å². The van der Waals surface area contributed by atoms with Crippen LogP contribution < -0.4 is 0 Å². The molecule has 1 aromatic rings. The van der Waals surface area contributed by atoms with E-state index in [1.54, 1.807) is 6.08 Å². The highest BCUT2D eigenvalue weighted by molar-refractivity contribution is 5.49. The summed E-state index contributed by atoms with van der Waals surface area (Å²) in [6.07, 6.45) is 4.17. The van der Waals surface area contributed by atoms with Gasteiger partial charge in [0, 0.05) is 6.54 Å². The molecule has 3 nitrogen and oxygen atoms in total. The lowest BCUT2D eigenvalue weighted by Gasteiger charge is -2.14. The second kappa shape index (κ2) is 4.87. The van der Waals surface area contributed by atoms with Gasteiger partial charge < -0.3 is 0 Å². The number of nitrogens with zero attached hydrogens (tertiary/aromatic N) is 2. The first-order valence-electron chi connectivity index (χ1n) is 5.27. The Hall–Kier alpha value is -1.44. The SMILES string of the molecule is O=C=Nc1ccc(CN2CCCC2)cc1. The molecule has 15 heavy (non-hydrogen) atoms. The Morgan fingerprint density at radius 2 is 1.87 bits per heavy atom. The molecule has 0 spiro atoms. The summed E-state index contributed by atoms with van der Waals surface area (Å²) in [6, 6.07) is 7.76. The van der Waals surface area contributed by atoms with Gasteiger partial charge in [-0.2, -0.15) is 4.99 Å². The number of likely N-dealkylation sites (tertiary alicyclic amines) is 1. The number of aliphatic imine (C=N–C) groups is 1. The van der Waals surface area contributed by atoms with Gasteiger partial charge in [-0.25, -0.2) is 4.79 Å². The second-order valence-electron chi connectivity index (χ2n) is 3.85. The standard InChI is InChI=1S/C12H14N2O/c15-10-13-12-5-3-11(4-6-12)9-14-7-1-2-8-14/h3-6H,1-2,7-9H2. The lowest BCUT2D eigenvalue weighted by molar-refractivity contribution is 0.331. The lowest BCUT2D eigenvalue weighted by Crippen LogP contribution is -2.18. The molecule has 0 unspecified atom stereocenters. The van der Waals surface area contributed by atoms with E-state index < -0.39 is 0 Å². The molecule has 1 aromatic carbocycles. The fraction of sp³-hybridized carbons (Fsp3) is 0.417. The Morgan fingerprint density at radius 3 is 2.47 bits per heavy atom. The van der Waals surface area contributed by atoms with E-state index in [9.17, 15) is 4.79 Å². The van der Waals surface area contributed by atoms with Gasteiger partial charge in [0.1, 0.15) is 0 Å². The van der Waals surface area contributed by atoms with Gasteiger partial charge in [0.15, 0.2) is 0 Å². The number of isocyanates is 1. The van der Waals surface area contributed by atoms with Crippen molar-refractivity contribution in [2.24, 2.45) is 4.99 Å². The van der Waals surface area contributed by atoms with Crippen LogP contribution in [0.5, 0.6) is 0 Å². The number of benzene rings is 1. The van der Waals surface area contributed by atoms with Gasteiger partial charge >= 0.3 is 0 Å². The van der Waals surface area contributed by atoms with Crippen molar-refractivity contribution in [3.8, 4) is 0 Å². The minimum absolute atomic E-state index is 0.676. The maximum absolute atomic E-state index is 10.0. The third-order valence-electron chi connectivity index (χ3n) is 2.72. The normalized spacial score (nSPS) is 16.3. The first-order valence-corrected chi connectivity index (χ1v) is 5.27. The summed E-state index contributed by atoms with van der Waals surface area (Å²) in [7, 11) is 0. The number of hydrogen-bond donors (Lipinski definition) is 0. The van der Waals surface area contributed by atoms with E-state index >= 15 is 0 Å². The molecule has 0 saturated carbocycles. The molecule has 1 aliphatic heterocycles. The fourth-order valence-electron chi connectivity index (χ4n) is 1.93. The van der Waals surface area contributed by atoms with Crippen LogP contribution in [0.2, 0.25) is 0 Å². The Labute approximate surface area is 89.4 Å². The van der Waals surface area contributed by atoms with Crippen molar-refractivity contribution in [3.05, 3.63) is 29.8 Å². The van der Waals surface area contributed by atoms with Crippen LogP contribution in [0.15, 0.2) is 29.3 Å². The zero-order valence-corrected chi connectivity index (χ0v) is 8.65. The molecule has 0 atom stereocenters. The summed E-state index contributed by atoms with van der Waals surface area (Å²) < 4.78 is 0. The van der Waals surface area contributed by atoms with Gasteiger partial charge in [0.25, 0.3) is 0 Å². The van der Waals surface area contributed by atoms with Crippen LogP contribution in [-0.4, -0.2) is 24.1 Å². The smallest absolute Gasteiger partial charge is 0.240 e. The molecule has 0 amide bonds. The van der Waals surface area contributed by atoms with Crippen molar-refractivity contribution < 1.29 is 4.79 Å². The quantitative estimate of drug-likeness (QED) is 0.556. The van der Waals surface area contributed by atoms with Gasteiger partial charge in [-0.1, -0.05) is 12.1 Å². The summed E-state index contributed by atoms with van der Waals surface area (Å²) in [5.41, 5.74) is 1.96. The minimum atomic E-state index is 0.676.